The molecule has 15 nitrogen and oxygen atoms in total. The van der Waals surface area contributed by atoms with Gasteiger partial charge in [0.25, 0.3) is 0 Å². The first-order chi connectivity index (χ1) is 19.6. The molecular weight excluding hydrogens is 546 g/mol. The van der Waals surface area contributed by atoms with E-state index in [4.69, 9.17) is 22.9 Å². The van der Waals surface area contributed by atoms with Gasteiger partial charge >= 0.3 is 5.97 Å². The number of carboxylic acid groups (broad SMARTS) is 1. The second-order valence-corrected chi connectivity index (χ2v) is 11.4. The zero-order valence-electron chi connectivity index (χ0n) is 25.7. The van der Waals surface area contributed by atoms with E-state index in [1.807, 2.05) is 27.7 Å². The predicted octanol–water partition coefficient (Wildman–Crippen LogP) is -1.37. The Hall–Kier alpha value is -3.46. The highest BCUT2D eigenvalue weighted by Gasteiger charge is 2.31. The molecule has 4 amide bonds. The molecule has 5 atom stereocenters. The first kappa shape index (κ1) is 38.5. The van der Waals surface area contributed by atoms with E-state index in [9.17, 15) is 29.1 Å². The molecule has 0 aliphatic carbocycles. The fourth-order valence-electron chi connectivity index (χ4n) is 4.04. The van der Waals surface area contributed by atoms with E-state index < -0.39 is 59.8 Å². The molecule has 0 unspecified atom stereocenters. The zero-order valence-corrected chi connectivity index (χ0v) is 25.7. The van der Waals surface area contributed by atoms with Gasteiger partial charge in [-0.3, -0.25) is 24.2 Å². The maximum absolute atomic E-state index is 13.3. The number of nitrogens with two attached hydrogens (primary N) is 4. The third-order valence-electron chi connectivity index (χ3n) is 6.30. The Bertz CT molecular complexity index is 909. The van der Waals surface area contributed by atoms with Crippen LogP contribution in [0.1, 0.15) is 79.6 Å². The molecule has 0 fully saturated rings. The summed E-state index contributed by atoms with van der Waals surface area (Å²) in [7, 11) is 0. The summed E-state index contributed by atoms with van der Waals surface area (Å²) in [5.74, 6) is -3.69. The normalized spacial score (nSPS) is 14.7. The van der Waals surface area contributed by atoms with Gasteiger partial charge in [0.05, 0.1) is 6.04 Å². The van der Waals surface area contributed by atoms with Gasteiger partial charge in [-0.1, -0.05) is 34.1 Å². The van der Waals surface area contributed by atoms with Crippen LogP contribution in [0.3, 0.4) is 0 Å². The third kappa shape index (κ3) is 16.7. The monoisotopic (exact) mass is 599 g/mol. The van der Waals surface area contributed by atoms with Crippen LogP contribution in [0, 0.1) is 11.8 Å². The third-order valence-corrected chi connectivity index (χ3v) is 6.30. The molecule has 0 aromatic heterocycles. The van der Waals surface area contributed by atoms with Crippen molar-refractivity contribution >= 4 is 35.6 Å². The summed E-state index contributed by atoms with van der Waals surface area (Å²) >= 11 is 0. The van der Waals surface area contributed by atoms with Crippen molar-refractivity contribution in [3.63, 3.8) is 0 Å². The molecular formula is C27H53N9O6. The molecule has 13 N–H and O–H groups in total. The van der Waals surface area contributed by atoms with E-state index in [1.165, 1.54) is 6.92 Å². The molecule has 0 radical (unpaired) electrons. The molecule has 0 aliphatic rings. The second kappa shape index (κ2) is 20.4. The van der Waals surface area contributed by atoms with Gasteiger partial charge < -0.3 is 49.3 Å². The quantitative estimate of drug-likeness (QED) is 0.0424. The number of guanidine groups is 1. The topological polar surface area (TPSA) is 270 Å². The van der Waals surface area contributed by atoms with Crippen LogP contribution in [0.4, 0.5) is 0 Å². The van der Waals surface area contributed by atoms with Crippen molar-refractivity contribution in [1.82, 2.24) is 21.3 Å². The van der Waals surface area contributed by atoms with Crippen molar-refractivity contribution in [2.24, 2.45) is 39.8 Å². The fourth-order valence-corrected chi connectivity index (χ4v) is 4.04. The van der Waals surface area contributed by atoms with Gasteiger partial charge in [0.15, 0.2) is 5.96 Å². The highest BCUT2D eigenvalue weighted by atomic mass is 16.4. The molecule has 0 aromatic carbocycles. The number of aliphatic carboxylic acids is 1. The Morgan fingerprint density at radius 1 is 0.690 bits per heavy atom. The molecule has 0 heterocycles. The number of unbranched alkanes of at least 4 members (excludes halogenated alkanes) is 1. The predicted molar refractivity (Wildman–Crippen MR) is 161 cm³/mol. The summed E-state index contributed by atoms with van der Waals surface area (Å²) in [5.41, 5.74) is 22.2. The highest BCUT2D eigenvalue weighted by molar-refractivity contribution is 5.95. The van der Waals surface area contributed by atoms with Crippen molar-refractivity contribution < 1.29 is 29.1 Å². The molecule has 0 bridgehead atoms. The molecule has 15 heteroatoms. The van der Waals surface area contributed by atoms with Crippen molar-refractivity contribution in [2.75, 3.05) is 13.1 Å². The first-order valence-corrected chi connectivity index (χ1v) is 14.5. The van der Waals surface area contributed by atoms with E-state index in [0.29, 0.717) is 32.2 Å². The first-order valence-electron chi connectivity index (χ1n) is 14.5. The molecule has 0 spiro atoms. The summed E-state index contributed by atoms with van der Waals surface area (Å²) < 4.78 is 0. The number of amides is 4. The number of carboxylic acids is 1. The van der Waals surface area contributed by atoms with Gasteiger partial charge in [-0.15, -0.1) is 0 Å². The number of carbonyl (C=O) groups excluding carboxylic acids is 4. The number of hydrogen-bond acceptors (Lipinski definition) is 8. The number of aliphatic imine (C=N–C) groups is 1. The summed E-state index contributed by atoms with van der Waals surface area (Å²) in [6, 6.07) is -5.08. The number of nitrogens with zero attached hydrogens (tertiary/aromatic N) is 1. The van der Waals surface area contributed by atoms with Gasteiger partial charge in [-0.25, -0.2) is 4.79 Å². The maximum Gasteiger partial charge on any atom is 0.326 e. The van der Waals surface area contributed by atoms with Gasteiger partial charge in [0.1, 0.15) is 24.2 Å². The largest absolute Gasteiger partial charge is 0.480 e. The maximum atomic E-state index is 13.3. The molecule has 42 heavy (non-hydrogen) atoms. The Kier molecular flexibility index (Phi) is 18.7. The zero-order chi connectivity index (χ0) is 32.4. The van der Waals surface area contributed by atoms with Gasteiger partial charge in [-0.05, 0) is 63.8 Å². The Morgan fingerprint density at radius 3 is 1.74 bits per heavy atom. The molecule has 0 aromatic rings. The van der Waals surface area contributed by atoms with Crippen LogP contribution in [-0.4, -0.2) is 84.0 Å². The van der Waals surface area contributed by atoms with Crippen LogP contribution in [-0.2, 0) is 24.0 Å². The van der Waals surface area contributed by atoms with Crippen LogP contribution < -0.4 is 44.2 Å². The van der Waals surface area contributed by atoms with Gasteiger partial charge in [0.2, 0.25) is 23.6 Å². The van der Waals surface area contributed by atoms with E-state index in [0.717, 1.165) is 0 Å². The minimum atomic E-state index is -1.17. The SMILES string of the molecule is CC(C)C[C@H](NC(=O)[C@H](C)NC(=O)[C@H](CC(C)C)NC(=O)[C@H](CCCN=C(N)N)NC(=O)[C@@H](N)CCCCN)C(=O)O. The summed E-state index contributed by atoms with van der Waals surface area (Å²) in [6.45, 7) is 9.51. The van der Waals surface area contributed by atoms with Crippen LogP contribution in [0.15, 0.2) is 4.99 Å². The minimum Gasteiger partial charge on any atom is -0.480 e. The second-order valence-electron chi connectivity index (χ2n) is 11.4. The Balaban J connectivity index is 5.60. The summed E-state index contributed by atoms with van der Waals surface area (Å²) in [6.07, 6.45) is 2.75. The van der Waals surface area contributed by atoms with Crippen LogP contribution >= 0.6 is 0 Å². The van der Waals surface area contributed by atoms with E-state index in [1.54, 1.807) is 0 Å². The average molecular weight is 600 g/mol. The smallest absolute Gasteiger partial charge is 0.326 e. The fraction of sp³-hybridized carbons (Fsp3) is 0.778. The minimum absolute atomic E-state index is 0.0153. The van der Waals surface area contributed by atoms with Crippen molar-refractivity contribution in [3.8, 4) is 0 Å². The molecule has 0 aliphatic heterocycles. The highest BCUT2D eigenvalue weighted by Crippen LogP contribution is 2.09. The van der Waals surface area contributed by atoms with Crippen LogP contribution in [0.25, 0.3) is 0 Å². The Morgan fingerprint density at radius 2 is 1.21 bits per heavy atom. The lowest BCUT2D eigenvalue weighted by molar-refractivity contribution is -0.142. The van der Waals surface area contributed by atoms with E-state index >= 15 is 0 Å². The lowest BCUT2D eigenvalue weighted by Crippen LogP contribution is -2.58. The summed E-state index contributed by atoms with van der Waals surface area (Å²) in [5, 5.41) is 19.8. The number of hydrogen-bond donors (Lipinski definition) is 9. The molecule has 0 saturated heterocycles. The Labute approximate surface area is 248 Å². The standard InChI is InChI=1S/C27H53N9O6/c1-15(2)13-20(25(40)33-17(5)22(37)36-21(26(41)42)14-16(3)4)35-24(39)19(10-8-12-32-27(30)31)34-23(38)18(29)9-6-7-11-28/h15-21H,6-14,28-29H2,1-5H3,(H,33,40)(H,34,38)(H,35,39)(H,36,37)(H,41,42)(H4,30,31,32)/t17-,18-,19-,20-,21-/m0/s1. The van der Waals surface area contributed by atoms with E-state index in [2.05, 4.69) is 26.3 Å². The number of rotatable bonds is 21. The van der Waals surface area contributed by atoms with Crippen LogP contribution in [0.5, 0.6) is 0 Å². The van der Waals surface area contributed by atoms with Crippen molar-refractivity contribution in [3.05, 3.63) is 0 Å². The van der Waals surface area contributed by atoms with Crippen molar-refractivity contribution in [1.29, 1.82) is 0 Å². The van der Waals surface area contributed by atoms with E-state index in [-0.39, 0.29) is 43.6 Å². The summed E-state index contributed by atoms with van der Waals surface area (Å²) in [4.78, 5) is 67.3. The number of nitrogens with one attached hydrogen (secondary N) is 4. The molecule has 242 valence electrons. The molecule has 0 saturated carbocycles. The lowest BCUT2D eigenvalue weighted by Gasteiger charge is -2.26. The lowest BCUT2D eigenvalue weighted by atomic mass is 10.0. The van der Waals surface area contributed by atoms with Gasteiger partial charge in [-0.2, -0.15) is 0 Å². The number of carbonyl (C=O) groups is 5. The van der Waals surface area contributed by atoms with Gasteiger partial charge in [0, 0.05) is 6.54 Å². The molecule has 0 rings (SSSR count). The van der Waals surface area contributed by atoms with Crippen LogP contribution in [0.2, 0.25) is 0 Å². The average Bonchev–Trinajstić information content (AvgIpc) is 2.88. The van der Waals surface area contributed by atoms with Crippen molar-refractivity contribution in [2.45, 2.75) is 110 Å².